The summed E-state index contributed by atoms with van der Waals surface area (Å²) in [5.41, 5.74) is 2.21. The Morgan fingerprint density at radius 2 is 2.00 bits per heavy atom. The van der Waals surface area contributed by atoms with Crippen LogP contribution < -0.4 is 5.32 Å². The number of nitrogens with one attached hydrogen (secondary N) is 1. The van der Waals surface area contributed by atoms with Gasteiger partial charge < -0.3 is 9.73 Å². The van der Waals surface area contributed by atoms with Crippen molar-refractivity contribution in [2.45, 2.75) is 13.0 Å². The molecule has 4 nitrogen and oxygen atoms in total. The van der Waals surface area contributed by atoms with Crippen LogP contribution in [0.25, 0.3) is 6.08 Å². The van der Waals surface area contributed by atoms with E-state index in [2.05, 4.69) is 5.32 Å². The lowest BCUT2D eigenvalue weighted by Crippen LogP contribution is -2.33. The minimum atomic E-state index is -0.112. The van der Waals surface area contributed by atoms with Crippen LogP contribution in [0.5, 0.6) is 0 Å². The Morgan fingerprint density at radius 3 is 2.59 bits per heavy atom. The highest BCUT2D eigenvalue weighted by Crippen LogP contribution is 2.17. The van der Waals surface area contributed by atoms with E-state index in [1.165, 1.54) is 5.56 Å². The summed E-state index contributed by atoms with van der Waals surface area (Å²) in [5.74, 6) is 0.729. The standard InChI is InChI=1S/C18H22N2O2/c1-14-6-8-15(9-7-14)10-11-18(21)19-13-16(20(2)3)17-5-4-12-22-17/h4-12,16H,13H2,1-3H3,(H,19,21)/b11-10+. The van der Waals surface area contributed by atoms with Gasteiger partial charge in [-0.1, -0.05) is 29.8 Å². The summed E-state index contributed by atoms with van der Waals surface area (Å²) in [6.07, 6.45) is 5.01. The van der Waals surface area contributed by atoms with Gasteiger partial charge in [-0.3, -0.25) is 9.69 Å². The van der Waals surface area contributed by atoms with Crippen LogP contribution in [-0.2, 0) is 4.79 Å². The highest BCUT2D eigenvalue weighted by atomic mass is 16.3. The smallest absolute Gasteiger partial charge is 0.244 e. The highest BCUT2D eigenvalue weighted by molar-refractivity contribution is 5.91. The number of likely N-dealkylation sites (N-methyl/N-ethyl adjacent to an activating group) is 1. The van der Waals surface area contributed by atoms with Gasteiger partial charge in [-0.05, 0) is 44.8 Å². The largest absolute Gasteiger partial charge is 0.468 e. The van der Waals surface area contributed by atoms with Crippen LogP contribution in [0, 0.1) is 6.92 Å². The maximum atomic E-state index is 11.9. The van der Waals surface area contributed by atoms with Gasteiger partial charge in [0.15, 0.2) is 0 Å². The molecule has 0 bridgehead atoms. The summed E-state index contributed by atoms with van der Waals surface area (Å²) in [6, 6.07) is 11.8. The van der Waals surface area contributed by atoms with Gasteiger partial charge in [0.1, 0.15) is 5.76 Å². The molecule has 0 radical (unpaired) electrons. The maximum Gasteiger partial charge on any atom is 0.244 e. The third-order valence-electron chi connectivity index (χ3n) is 3.47. The molecular weight excluding hydrogens is 276 g/mol. The molecule has 2 aromatic rings. The zero-order valence-electron chi connectivity index (χ0n) is 13.2. The average molecular weight is 298 g/mol. The summed E-state index contributed by atoms with van der Waals surface area (Å²) in [5, 5.41) is 2.91. The molecule has 22 heavy (non-hydrogen) atoms. The van der Waals surface area contributed by atoms with Crippen LogP contribution in [0.1, 0.15) is 22.9 Å². The first kappa shape index (κ1) is 16.0. The SMILES string of the molecule is Cc1ccc(/C=C/C(=O)NCC(c2ccco2)N(C)C)cc1. The monoisotopic (exact) mass is 298 g/mol. The van der Waals surface area contributed by atoms with E-state index in [-0.39, 0.29) is 11.9 Å². The number of amides is 1. The van der Waals surface area contributed by atoms with Gasteiger partial charge >= 0.3 is 0 Å². The first-order valence-electron chi connectivity index (χ1n) is 7.28. The Hall–Kier alpha value is -2.33. The van der Waals surface area contributed by atoms with E-state index in [1.54, 1.807) is 12.3 Å². The number of furan rings is 1. The quantitative estimate of drug-likeness (QED) is 0.834. The van der Waals surface area contributed by atoms with Crippen molar-refractivity contribution in [3.8, 4) is 0 Å². The third-order valence-corrected chi connectivity index (χ3v) is 3.47. The zero-order chi connectivity index (χ0) is 15.9. The molecular formula is C18H22N2O2. The summed E-state index contributed by atoms with van der Waals surface area (Å²) in [7, 11) is 3.92. The molecule has 0 aliphatic rings. The number of aryl methyl sites for hydroxylation is 1. The van der Waals surface area contributed by atoms with Crippen molar-refractivity contribution in [3.63, 3.8) is 0 Å². The van der Waals surface area contributed by atoms with Gasteiger partial charge in [0, 0.05) is 12.6 Å². The average Bonchev–Trinajstić information content (AvgIpc) is 3.00. The van der Waals surface area contributed by atoms with Crippen LogP contribution in [-0.4, -0.2) is 31.4 Å². The summed E-state index contributed by atoms with van der Waals surface area (Å²) >= 11 is 0. The molecule has 0 fully saturated rings. The van der Waals surface area contributed by atoms with Gasteiger partial charge in [0.25, 0.3) is 0 Å². The van der Waals surface area contributed by atoms with Gasteiger partial charge in [0.2, 0.25) is 5.91 Å². The highest BCUT2D eigenvalue weighted by Gasteiger charge is 2.17. The van der Waals surface area contributed by atoms with Crippen molar-refractivity contribution in [1.82, 2.24) is 10.2 Å². The molecule has 1 amide bonds. The van der Waals surface area contributed by atoms with Gasteiger partial charge in [-0.2, -0.15) is 0 Å². The van der Waals surface area contributed by atoms with Gasteiger partial charge in [-0.15, -0.1) is 0 Å². The van der Waals surface area contributed by atoms with E-state index in [9.17, 15) is 4.79 Å². The number of carbonyl (C=O) groups excluding carboxylic acids is 1. The van der Waals surface area contributed by atoms with Crippen LogP contribution >= 0.6 is 0 Å². The van der Waals surface area contributed by atoms with E-state index in [4.69, 9.17) is 4.42 Å². The number of nitrogens with zero attached hydrogens (tertiary/aromatic N) is 1. The maximum absolute atomic E-state index is 11.9. The number of hydrogen-bond acceptors (Lipinski definition) is 3. The Bertz CT molecular complexity index is 613. The number of benzene rings is 1. The van der Waals surface area contributed by atoms with Crippen molar-refractivity contribution < 1.29 is 9.21 Å². The summed E-state index contributed by atoms with van der Waals surface area (Å²) < 4.78 is 5.42. The Labute approximate surface area is 131 Å². The molecule has 1 atom stereocenters. The minimum absolute atomic E-state index is 0.0201. The Morgan fingerprint density at radius 1 is 1.27 bits per heavy atom. The first-order valence-corrected chi connectivity index (χ1v) is 7.28. The fraction of sp³-hybridized carbons (Fsp3) is 0.278. The topological polar surface area (TPSA) is 45.5 Å². The van der Waals surface area contributed by atoms with Crippen LogP contribution in [0.2, 0.25) is 0 Å². The van der Waals surface area contributed by atoms with Crippen molar-refractivity contribution in [2.24, 2.45) is 0 Å². The molecule has 1 heterocycles. The van der Waals surface area contributed by atoms with Crippen molar-refractivity contribution in [2.75, 3.05) is 20.6 Å². The van der Waals surface area contributed by atoms with Crippen molar-refractivity contribution in [3.05, 3.63) is 65.6 Å². The lowest BCUT2D eigenvalue weighted by atomic mass is 10.1. The van der Waals surface area contributed by atoms with Gasteiger partial charge in [-0.25, -0.2) is 0 Å². The molecule has 0 aliphatic heterocycles. The third kappa shape index (κ3) is 4.60. The molecule has 4 heteroatoms. The van der Waals surface area contributed by atoms with Crippen LogP contribution in [0.3, 0.4) is 0 Å². The molecule has 1 aromatic carbocycles. The second kappa shape index (κ2) is 7.61. The number of hydrogen-bond donors (Lipinski definition) is 1. The van der Waals surface area contributed by atoms with E-state index in [0.29, 0.717) is 6.54 Å². The predicted octanol–water partition coefficient (Wildman–Crippen LogP) is 3.02. The van der Waals surface area contributed by atoms with E-state index >= 15 is 0 Å². The molecule has 0 spiro atoms. The Balaban J connectivity index is 1.90. The van der Waals surface area contributed by atoms with E-state index < -0.39 is 0 Å². The predicted molar refractivity (Wildman–Crippen MR) is 88.4 cm³/mol. The molecule has 0 aliphatic carbocycles. The number of rotatable bonds is 6. The van der Waals surface area contributed by atoms with Gasteiger partial charge in [0.05, 0.1) is 12.3 Å². The fourth-order valence-electron chi connectivity index (χ4n) is 2.12. The number of carbonyl (C=O) groups is 1. The van der Waals surface area contributed by atoms with Crippen molar-refractivity contribution in [1.29, 1.82) is 0 Å². The summed E-state index contributed by atoms with van der Waals surface area (Å²) in [6.45, 7) is 2.54. The Kier molecular flexibility index (Phi) is 5.55. The lowest BCUT2D eigenvalue weighted by Gasteiger charge is -2.22. The van der Waals surface area contributed by atoms with Crippen molar-refractivity contribution >= 4 is 12.0 Å². The summed E-state index contributed by atoms with van der Waals surface area (Å²) in [4.78, 5) is 13.9. The van der Waals surface area contributed by atoms with E-state index in [0.717, 1.165) is 11.3 Å². The zero-order valence-corrected chi connectivity index (χ0v) is 13.2. The van der Waals surface area contributed by atoms with Crippen LogP contribution in [0.15, 0.2) is 53.2 Å². The minimum Gasteiger partial charge on any atom is -0.468 e. The first-order chi connectivity index (χ1) is 10.6. The molecule has 1 N–H and O–H groups in total. The molecule has 0 saturated heterocycles. The molecule has 116 valence electrons. The molecule has 0 saturated carbocycles. The van der Waals surface area contributed by atoms with Crippen LogP contribution in [0.4, 0.5) is 0 Å². The second-order valence-corrected chi connectivity index (χ2v) is 5.48. The lowest BCUT2D eigenvalue weighted by molar-refractivity contribution is -0.116. The normalized spacial score (nSPS) is 12.7. The second-order valence-electron chi connectivity index (χ2n) is 5.48. The fourth-order valence-corrected chi connectivity index (χ4v) is 2.12. The molecule has 2 rings (SSSR count). The molecule has 1 aromatic heterocycles. The van der Waals surface area contributed by atoms with E-state index in [1.807, 2.05) is 68.4 Å². The molecule has 1 unspecified atom stereocenters.